The molecule has 88 valence electrons. The van der Waals surface area contributed by atoms with Gasteiger partial charge in [0.05, 0.1) is 11.4 Å². The van der Waals surface area contributed by atoms with Crippen LogP contribution in [0.4, 0.5) is 5.82 Å². The van der Waals surface area contributed by atoms with Crippen LogP contribution in [0.2, 0.25) is 5.02 Å². The van der Waals surface area contributed by atoms with Crippen LogP contribution in [-0.2, 0) is 0 Å². The molecule has 0 amide bonds. The zero-order valence-corrected chi connectivity index (χ0v) is 11.2. The SMILES string of the molecule is Nc1nnn(-c2ccc(Cl)cc2Br)c1C1CC1. The molecule has 3 rings (SSSR count). The van der Waals surface area contributed by atoms with Gasteiger partial charge in [0, 0.05) is 15.4 Å². The number of benzene rings is 1. The van der Waals surface area contributed by atoms with Crippen molar-refractivity contribution in [1.29, 1.82) is 0 Å². The quantitative estimate of drug-likeness (QED) is 0.926. The summed E-state index contributed by atoms with van der Waals surface area (Å²) in [4.78, 5) is 0. The van der Waals surface area contributed by atoms with E-state index in [0.717, 1.165) is 28.7 Å². The Balaban J connectivity index is 2.14. The summed E-state index contributed by atoms with van der Waals surface area (Å²) in [6, 6.07) is 5.58. The van der Waals surface area contributed by atoms with Gasteiger partial charge in [0.25, 0.3) is 0 Å². The van der Waals surface area contributed by atoms with Gasteiger partial charge in [0.15, 0.2) is 5.82 Å². The molecule has 6 heteroatoms. The van der Waals surface area contributed by atoms with Crippen molar-refractivity contribution in [2.75, 3.05) is 5.73 Å². The van der Waals surface area contributed by atoms with Crippen LogP contribution < -0.4 is 5.73 Å². The highest BCUT2D eigenvalue weighted by atomic mass is 79.9. The summed E-state index contributed by atoms with van der Waals surface area (Å²) in [5.41, 5.74) is 7.79. The summed E-state index contributed by atoms with van der Waals surface area (Å²) in [5, 5.41) is 8.74. The molecule has 1 fully saturated rings. The minimum absolute atomic E-state index is 0.493. The van der Waals surface area contributed by atoms with E-state index in [-0.39, 0.29) is 0 Å². The monoisotopic (exact) mass is 312 g/mol. The van der Waals surface area contributed by atoms with E-state index in [0.29, 0.717) is 16.8 Å². The molecule has 0 unspecified atom stereocenters. The second kappa shape index (κ2) is 3.99. The first-order valence-corrected chi connectivity index (χ1v) is 6.50. The fraction of sp³-hybridized carbons (Fsp3) is 0.273. The van der Waals surface area contributed by atoms with Gasteiger partial charge in [0.2, 0.25) is 0 Å². The van der Waals surface area contributed by atoms with E-state index in [1.54, 1.807) is 4.68 Å². The maximum Gasteiger partial charge on any atom is 0.169 e. The average Bonchev–Trinajstić information content (AvgIpc) is 3.03. The van der Waals surface area contributed by atoms with Crippen LogP contribution in [0.5, 0.6) is 0 Å². The summed E-state index contributed by atoms with van der Waals surface area (Å²) in [6.45, 7) is 0. The lowest BCUT2D eigenvalue weighted by Gasteiger charge is -2.08. The third-order valence-corrected chi connectivity index (χ3v) is 3.70. The van der Waals surface area contributed by atoms with E-state index in [9.17, 15) is 0 Å². The fourth-order valence-electron chi connectivity index (χ4n) is 1.87. The molecule has 0 atom stereocenters. The summed E-state index contributed by atoms with van der Waals surface area (Å²) in [7, 11) is 0. The largest absolute Gasteiger partial charge is 0.381 e. The predicted octanol–water partition coefficient (Wildman–Crippen LogP) is 3.14. The van der Waals surface area contributed by atoms with Gasteiger partial charge in [-0.3, -0.25) is 0 Å². The van der Waals surface area contributed by atoms with Crippen LogP contribution in [0.3, 0.4) is 0 Å². The number of hydrogen-bond donors (Lipinski definition) is 1. The number of nitrogen functional groups attached to an aromatic ring is 1. The molecule has 1 aliphatic rings. The van der Waals surface area contributed by atoms with Gasteiger partial charge < -0.3 is 5.73 Å². The van der Waals surface area contributed by atoms with E-state index in [1.807, 2.05) is 18.2 Å². The first-order chi connectivity index (χ1) is 8.16. The van der Waals surface area contributed by atoms with Crippen LogP contribution in [0.15, 0.2) is 22.7 Å². The summed E-state index contributed by atoms with van der Waals surface area (Å²) in [6.07, 6.45) is 2.31. The van der Waals surface area contributed by atoms with Crippen molar-refractivity contribution >= 4 is 33.3 Å². The second-order valence-corrected chi connectivity index (χ2v) is 5.43. The van der Waals surface area contributed by atoms with E-state index in [2.05, 4.69) is 26.2 Å². The molecule has 1 heterocycles. The fourth-order valence-corrected chi connectivity index (χ4v) is 2.72. The first-order valence-electron chi connectivity index (χ1n) is 5.33. The van der Waals surface area contributed by atoms with Gasteiger partial charge >= 0.3 is 0 Å². The second-order valence-electron chi connectivity index (χ2n) is 4.14. The molecular weight excluding hydrogens is 304 g/mol. The molecule has 0 bridgehead atoms. The number of hydrogen-bond acceptors (Lipinski definition) is 3. The maximum atomic E-state index is 5.92. The molecular formula is C11H10BrClN4. The van der Waals surface area contributed by atoms with Gasteiger partial charge in [-0.15, -0.1) is 5.10 Å². The van der Waals surface area contributed by atoms with Gasteiger partial charge in [-0.25, -0.2) is 4.68 Å². The Bertz CT molecular complexity index is 577. The smallest absolute Gasteiger partial charge is 0.169 e. The number of aromatic nitrogens is 3. The normalized spacial score (nSPS) is 15.2. The van der Waals surface area contributed by atoms with Crippen LogP contribution in [0, 0.1) is 0 Å². The maximum absolute atomic E-state index is 5.92. The molecule has 2 N–H and O–H groups in total. The van der Waals surface area contributed by atoms with E-state index in [4.69, 9.17) is 17.3 Å². The Kier molecular flexibility index (Phi) is 2.60. The molecule has 1 aromatic heterocycles. The minimum Gasteiger partial charge on any atom is -0.381 e. The molecule has 0 aliphatic heterocycles. The van der Waals surface area contributed by atoms with Gasteiger partial charge in [0.1, 0.15) is 0 Å². The highest BCUT2D eigenvalue weighted by Crippen LogP contribution is 2.43. The average molecular weight is 314 g/mol. The van der Waals surface area contributed by atoms with E-state index in [1.165, 1.54) is 0 Å². The number of rotatable bonds is 2. The van der Waals surface area contributed by atoms with Crippen molar-refractivity contribution in [3.63, 3.8) is 0 Å². The van der Waals surface area contributed by atoms with Crippen molar-refractivity contribution in [2.24, 2.45) is 0 Å². The Labute approximate surface area is 112 Å². The van der Waals surface area contributed by atoms with Crippen molar-refractivity contribution in [3.05, 3.63) is 33.4 Å². The molecule has 1 aliphatic carbocycles. The van der Waals surface area contributed by atoms with Crippen molar-refractivity contribution in [2.45, 2.75) is 18.8 Å². The van der Waals surface area contributed by atoms with Gasteiger partial charge in [-0.2, -0.15) is 0 Å². The molecule has 0 saturated heterocycles. The Hall–Kier alpha value is -1.07. The summed E-state index contributed by atoms with van der Waals surface area (Å²) < 4.78 is 2.68. The lowest BCUT2D eigenvalue weighted by Crippen LogP contribution is -2.03. The van der Waals surface area contributed by atoms with Crippen LogP contribution >= 0.6 is 27.5 Å². The van der Waals surface area contributed by atoms with E-state index < -0.39 is 0 Å². The van der Waals surface area contributed by atoms with E-state index >= 15 is 0 Å². The van der Waals surface area contributed by atoms with Gasteiger partial charge in [-0.05, 0) is 47.0 Å². The first kappa shape index (κ1) is 11.0. The molecule has 4 nitrogen and oxygen atoms in total. The van der Waals surface area contributed by atoms with Crippen LogP contribution in [-0.4, -0.2) is 15.0 Å². The predicted molar refractivity (Wildman–Crippen MR) is 70.5 cm³/mol. The van der Waals surface area contributed by atoms with Crippen molar-refractivity contribution < 1.29 is 0 Å². The highest BCUT2D eigenvalue weighted by molar-refractivity contribution is 9.10. The zero-order valence-electron chi connectivity index (χ0n) is 8.90. The topological polar surface area (TPSA) is 56.7 Å². The minimum atomic E-state index is 0.493. The molecule has 0 spiro atoms. The Morgan fingerprint density at radius 3 is 2.82 bits per heavy atom. The number of anilines is 1. The molecule has 2 aromatic rings. The Morgan fingerprint density at radius 1 is 1.41 bits per heavy atom. The summed E-state index contributed by atoms with van der Waals surface area (Å²) in [5.74, 6) is 1.02. The van der Waals surface area contributed by atoms with Crippen LogP contribution in [0.25, 0.3) is 5.69 Å². The van der Waals surface area contributed by atoms with Crippen molar-refractivity contribution in [3.8, 4) is 5.69 Å². The standard InChI is InChI=1S/C11H10BrClN4/c12-8-5-7(13)3-4-9(8)17-10(6-1-2-6)11(14)15-16-17/h3-6H,1-2,14H2. The summed E-state index contributed by atoms with van der Waals surface area (Å²) >= 11 is 9.41. The lowest BCUT2D eigenvalue weighted by atomic mass is 10.2. The molecule has 1 saturated carbocycles. The third kappa shape index (κ3) is 1.93. The Morgan fingerprint density at radius 2 is 2.18 bits per heavy atom. The molecule has 17 heavy (non-hydrogen) atoms. The lowest BCUT2D eigenvalue weighted by molar-refractivity contribution is 0.761. The number of nitrogens with two attached hydrogens (primary N) is 1. The highest BCUT2D eigenvalue weighted by Gasteiger charge is 2.31. The van der Waals surface area contributed by atoms with Gasteiger partial charge in [-0.1, -0.05) is 16.8 Å². The third-order valence-electron chi connectivity index (χ3n) is 2.83. The number of halogens is 2. The molecule has 1 aromatic carbocycles. The number of nitrogens with zero attached hydrogens (tertiary/aromatic N) is 3. The van der Waals surface area contributed by atoms with Crippen molar-refractivity contribution in [1.82, 2.24) is 15.0 Å². The zero-order chi connectivity index (χ0) is 12.0. The molecule has 0 radical (unpaired) electrons. The van der Waals surface area contributed by atoms with Crippen LogP contribution in [0.1, 0.15) is 24.5 Å².